The van der Waals surface area contributed by atoms with E-state index in [-0.39, 0.29) is 6.54 Å². The second-order valence-electron chi connectivity index (χ2n) is 5.16. The molecule has 0 spiro atoms. The number of imidazole rings is 1. The molecule has 0 bridgehead atoms. The van der Waals surface area contributed by atoms with Crippen molar-refractivity contribution in [2.45, 2.75) is 18.6 Å². The van der Waals surface area contributed by atoms with Crippen LogP contribution in [-0.4, -0.2) is 40.3 Å². The number of aromatic nitrogens is 3. The first-order valence-electron chi connectivity index (χ1n) is 5.98. The van der Waals surface area contributed by atoms with Crippen molar-refractivity contribution in [3.63, 3.8) is 0 Å². The molecular weight excluding hydrogens is 280 g/mol. The Kier molecular flexibility index (Phi) is 3.57. The minimum Gasteiger partial charge on any atom is -0.365 e. The molecule has 2 heterocycles. The lowest BCUT2D eigenvalue weighted by atomic mass is 10.2. The van der Waals surface area contributed by atoms with E-state index in [4.69, 9.17) is 5.84 Å². The van der Waals surface area contributed by atoms with Crippen LogP contribution in [0, 0.1) is 0 Å². The van der Waals surface area contributed by atoms with Crippen LogP contribution in [0.4, 0.5) is 11.6 Å². The van der Waals surface area contributed by atoms with Crippen LogP contribution in [0.3, 0.4) is 0 Å². The van der Waals surface area contributed by atoms with Crippen molar-refractivity contribution in [1.29, 1.82) is 0 Å². The number of hydrogen-bond donors (Lipinski definition) is 3. The molecule has 0 aliphatic heterocycles. The summed E-state index contributed by atoms with van der Waals surface area (Å²) in [5.74, 6) is 6.29. The Labute approximate surface area is 117 Å². The highest BCUT2D eigenvalue weighted by Crippen LogP contribution is 2.19. The maximum atomic E-state index is 11.7. The molecule has 9 heteroatoms. The van der Waals surface area contributed by atoms with Crippen molar-refractivity contribution in [3.8, 4) is 0 Å². The summed E-state index contributed by atoms with van der Waals surface area (Å²) in [6.07, 6.45) is 6.29. The largest absolute Gasteiger partial charge is 0.365 e. The van der Waals surface area contributed by atoms with Crippen LogP contribution < -0.4 is 16.6 Å². The zero-order valence-corrected chi connectivity index (χ0v) is 12.4. The highest BCUT2D eigenvalue weighted by atomic mass is 32.2. The number of anilines is 2. The molecule has 0 unspecified atom stereocenters. The Bertz CT molecular complexity index is 722. The summed E-state index contributed by atoms with van der Waals surface area (Å²) in [4.78, 5) is 8.43. The molecule has 2 rings (SSSR count). The van der Waals surface area contributed by atoms with Gasteiger partial charge in [0.2, 0.25) is 0 Å². The number of rotatable bonds is 5. The average Bonchev–Trinajstić information content (AvgIpc) is 2.82. The van der Waals surface area contributed by atoms with Gasteiger partial charge in [-0.1, -0.05) is 0 Å². The van der Waals surface area contributed by atoms with Crippen molar-refractivity contribution in [2.75, 3.05) is 23.5 Å². The number of fused-ring (bicyclic) bond motifs is 1. The molecule has 20 heavy (non-hydrogen) atoms. The third-order valence-corrected chi connectivity index (χ3v) is 5.36. The molecule has 0 fully saturated rings. The molecule has 110 valence electrons. The van der Waals surface area contributed by atoms with Crippen LogP contribution in [0.5, 0.6) is 0 Å². The van der Waals surface area contributed by atoms with Gasteiger partial charge in [0.15, 0.2) is 27.1 Å². The van der Waals surface area contributed by atoms with E-state index in [0.29, 0.717) is 17.3 Å². The SMILES string of the molecule is CC(C)(CNc1nc(NN)cn2ccnc12)S(C)(=O)=O. The molecule has 0 aliphatic rings. The third kappa shape index (κ3) is 2.68. The van der Waals surface area contributed by atoms with Crippen LogP contribution in [0.25, 0.3) is 5.65 Å². The predicted octanol–water partition coefficient (Wildman–Crippen LogP) is 0.250. The summed E-state index contributed by atoms with van der Waals surface area (Å²) in [6, 6.07) is 0. The molecule has 2 aromatic rings. The first-order valence-corrected chi connectivity index (χ1v) is 7.87. The number of nitrogens with one attached hydrogen (secondary N) is 2. The van der Waals surface area contributed by atoms with Gasteiger partial charge in [-0.2, -0.15) is 0 Å². The normalized spacial score (nSPS) is 12.6. The average molecular weight is 298 g/mol. The molecule has 2 aromatic heterocycles. The number of hydrogen-bond acceptors (Lipinski definition) is 7. The summed E-state index contributed by atoms with van der Waals surface area (Å²) in [6.45, 7) is 3.53. The molecule has 0 amide bonds. The summed E-state index contributed by atoms with van der Waals surface area (Å²) in [5, 5.41) is 3.03. The van der Waals surface area contributed by atoms with Gasteiger partial charge in [0.05, 0.1) is 10.9 Å². The van der Waals surface area contributed by atoms with Crippen LogP contribution in [0.1, 0.15) is 13.8 Å². The lowest BCUT2D eigenvalue weighted by Crippen LogP contribution is -2.38. The molecule has 8 nitrogen and oxygen atoms in total. The molecule has 0 atom stereocenters. The van der Waals surface area contributed by atoms with E-state index in [1.807, 2.05) is 0 Å². The topological polar surface area (TPSA) is 114 Å². The van der Waals surface area contributed by atoms with Crippen LogP contribution in [-0.2, 0) is 9.84 Å². The molecular formula is C11H18N6O2S. The van der Waals surface area contributed by atoms with Crippen molar-refractivity contribution in [2.24, 2.45) is 5.84 Å². The predicted molar refractivity (Wildman–Crippen MR) is 78.2 cm³/mol. The van der Waals surface area contributed by atoms with Crippen molar-refractivity contribution in [3.05, 3.63) is 18.6 Å². The first kappa shape index (κ1) is 14.5. The van der Waals surface area contributed by atoms with Gasteiger partial charge in [-0.25, -0.2) is 24.2 Å². The first-order chi connectivity index (χ1) is 9.24. The second-order valence-corrected chi connectivity index (χ2v) is 7.81. The fourth-order valence-electron chi connectivity index (χ4n) is 1.55. The van der Waals surface area contributed by atoms with E-state index >= 15 is 0 Å². The standard InChI is InChI=1S/C11H18N6O2S/c1-11(2,20(3,18)19)7-14-9-10-13-4-5-17(10)6-8(15-9)16-12/h4-6,16H,7,12H2,1-3H3,(H,14,15). The van der Waals surface area contributed by atoms with Gasteiger partial charge in [-0.05, 0) is 13.8 Å². The summed E-state index contributed by atoms with van der Waals surface area (Å²) < 4.78 is 24.2. The molecule has 0 aliphatic carbocycles. The van der Waals surface area contributed by atoms with E-state index in [1.165, 1.54) is 6.26 Å². The Morgan fingerprint density at radius 3 is 2.75 bits per heavy atom. The van der Waals surface area contributed by atoms with Crippen LogP contribution in [0.2, 0.25) is 0 Å². The molecule has 0 saturated heterocycles. The lowest BCUT2D eigenvalue weighted by Gasteiger charge is -2.23. The van der Waals surface area contributed by atoms with Gasteiger partial charge in [-0.3, -0.25) is 0 Å². The van der Waals surface area contributed by atoms with E-state index in [0.717, 1.165) is 0 Å². The Morgan fingerprint density at radius 1 is 1.45 bits per heavy atom. The van der Waals surface area contributed by atoms with Crippen molar-refractivity contribution >= 4 is 27.1 Å². The van der Waals surface area contributed by atoms with E-state index in [9.17, 15) is 8.42 Å². The minimum atomic E-state index is -3.19. The summed E-state index contributed by atoms with van der Waals surface area (Å²) in [7, 11) is -3.19. The second kappa shape index (κ2) is 4.91. The van der Waals surface area contributed by atoms with Gasteiger partial charge in [-0.15, -0.1) is 0 Å². The zero-order chi connectivity index (χ0) is 15.0. The van der Waals surface area contributed by atoms with E-state index < -0.39 is 14.6 Å². The smallest absolute Gasteiger partial charge is 0.180 e. The highest BCUT2D eigenvalue weighted by Gasteiger charge is 2.30. The molecule has 4 N–H and O–H groups in total. The number of nitrogens with zero attached hydrogens (tertiary/aromatic N) is 3. The number of nitrogens with two attached hydrogens (primary N) is 1. The summed E-state index contributed by atoms with van der Waals surface area (Å²) in [5.41, 5.74) is 3.06. The fourth-order valence-corrected chi connectivity index (χ4v) is 1.88. The molecule has 0 radical (unpaired) electrons. The van der Waals surface area contributed by atoms with Crippen LogP contribution in [0.15, 0.2) is 18.6 Å². The Balaban J connectivity index is 2.32. The maximum absolute atomic E-state index is 11.7. The molecule has 0 saturated carbocycles. The van der Waals surface area contributed by atoms with Gasteiger partial charge in [0.1, 0.15) is 0 Å². The monoisotopic (exact) mass is 298 g/mol. The Hall–Kier alpha value is -1.87. The lowest BCUT2D eigenvalue weighted by molar-refractivity contribution is 0.559. The third-order valence-electron chi connectivity index (χ3n) is 3.21. The van der Waals surface area contributed by atoms with Gasteiger partial charge in [0, 0.05) is 25.2 Å². The number of nitrogen functional groups attached to an aromatic ring is 1. The fraction of sp³-hybridized carbons (Fsp3) is 0.455. The Morgan fingerprint density at radius 2 is 2.15 bits per heavy atom. The zero-order valence-electron chi connectivity index (χ0n) is 11.6. The van der Waals surface area contributed by atoms with E-state index in [2.05, 4.69) is 20.7 Å². The summed E-state index contributed by atoms with van der Waals surface area (Å²) >= 11 is 0. The maximum Gasteiger partial charge on any atom is 0.180 e. The number of sulfone groups is 1. The van der Waals surface area contributed by atoms with Crippen molar-refractivity contribution < 1.29 is 8.42 Å². The minimum absolute atomic E-state index is 0.218. The molecule has 0 aromatic carbocycles. The van der Waals surface area contributed by atoms with Crippen LogP contribution >= 0.6 is 0 Å². The van der Waals surface area contributed by atoms with E-state index in [1.54, 1.807) is 36.8 Å². The van der Waals surface area contributed by atoms with Gasteiger partial charge in [0.25, 0.3) is 0 Å². The van der Waals surface area contributed by atoms with Gasteiger partial charge < -0.3 is 15.1 Å². The van der Waals surface area contributed by atoms with Gasteiger partial charge >= 0.3 is 0 Å². The quantitative estimate of drug-likeness (QED) is 0.535. The highest BCUT2D eigenvalue weighted by molar-refractivity contribution is 7.92. The van der Waals surface area contributed by atoms with Crippen molar-refractivity contribution in [1.82, 2.24) is 14.4 Å². The number of hydrazine groups is 1.